The molecular weight excluding hydrogens is 347 g/mol. The smallest absolute Gasteiger partial charge is 0.416 e. The predicted octanol–water partition coefficient (Wildman–Crippen LogP) is 3.54. The van der Waals surface area contributed by atoms with E-state index in [4.69, 9.17) is 4.74 Å². The molecule has 0 radical (unpaired) electrons. The minimum absolute atomic E-state index is 0.259. The number of alkyl halides is 3. The lowest BCUT2D eigenvalue weighted by atomic mass is 10.1. The molecule has 26 heavy (non-hydrogen) atoms. The Bertz CT molecular complexity index is 718. The van der Waals surface area contributed by atoms with Crippen molar-refractivity contribution in [3.05, 3.63) is 59.3 Å². The van der Waals surface area contributed by atoms with E-state index in [1.807, 2.05) is 6.92 Å². The molecule has 0 aliphatic carbocycles. The van der Waals surface area contributed by atoms with Crippen molar-refractivity contribution in [3.63, 3.8) is 0 Å². The van der Waals surface area contributed by atoms with Crippen LogP contribution >= 0.6 is 0 Å². The highest BCUT2D eigenvalue weighted by Crippen LogP contribution is 2.29. The molecule has 0 aliphatic heterocycles. The first-order valence-electron chi connectivity index (χ1n) is 8.14. The maximum atomic E-state index is 12.5. The number of carbonyl (C=O) groups is 1. The van der Waals surface area contributed by atoms with Crippen molar-refractivity contribution in [1.29, 1.82) is 0 Å². The minimum Gasteiger partial charge on any atom is -0.478 e. The third kappa shape index (κ3) is 5.94. The molecule has 0 aliphatic rings. The Morgan fingerprint density at radius 1 is 1.15 bits per heavy atom. The summed E-state index contributed by atoms with van der Waals surface area (Å²) in [5, 5.41) is 5.36. The lowest BCUT2D eigenvalue weighted by molar-refractivity contribution is -0.137. The molecule has 5 nitrogen and oxygen atoms in total. The van der Waals surface area contributed by atoms with Crippen LogP contribution in [0.25, 0.3) is 0 Å². The maximum Gasteiger partial charge on any atom is 0.416 e. The topological polar surface area (TPSA) is 63.2 Å². The fourth-order valence-electron chi connectivity index (χ4n) is 2.24. The number of hydrogen-bond acceptors (Lipinski definition) is 3. The monoisotopic (exact) mass is 367 g/mol. The molecule has 2 amide bonds. The van der Waals surface area contributed by atoms with Crippen molar-refractivity contribution in [2.75, 3.05) is 13.2 Å². The fourth-order valence-corrected chi connectivity index (χ4v) is 2.24. The Kier molecular flexibility index (Phi) is 6.82. The zero-order valence-electron chi connectivity index (χ0n) is 14.3. The van der Waals surface area contributed by atoms with E-state index in [0.717, 1.165) is 17.7 Å². The van der Waals surface area contributed by atoms with Gasteiger partial charge >= 0.3 is 12.2 Å². The molecule has 2 N–H and O–H groups in total. The van der Waals surface area contributed by atoms with E-state index in [1.165, 1.54) is 12.1 Å². The van der Waals surface area contributed by atoms with Gasteiger partial charge in [-0.25, -0.2) is 9.78 Å². The van der Waals surface area contributed by atoms with Gasteiger partial charge in [-0.05, 0) is 37.1 Å². The van der Waals surface area contributed by atoms with Crippen LogP contribution in [0.2, 0.25) is 0 Å². The van der Waals surface area contributed by atoms with E-state index >= 15 is 0 Å². The van der Waals surface area contributed by atoms with Crippen LogP contribution in [0.15, 0.2) is 42.6 Å². The number of nitrogens with zero attached hydrogens (tertiary/aromatic N) is 1. The SMILES string of the molecule is CCOc1ncccc1CNC(=O)NCCc1ccc(C(F)(F)F)cc1. The summed E-state index contributed by atoms with van der Waals surface area (Å²) in [4.78, 5) is 15.9. The van der Waals surface area contributed by atoms with E-state index in [1.54, 1.807) is 18.3 Å². The van der Waals surface area contributed by atoms with Crippen LogP contribution in [0.3, 0.4) is 0 Å². The minimum atomic E-state index is -4.34. The van der Waals surface area contributed by atoms with Crippen LogP contribution in [0.5, 0.6) is 5.88 Å². The van der Waals surface area contributed by atoms with Gasteiger partial charge < -0.3 is 15.4 Å². The summed E-state index contributed by atoms with van der Waals surface area (Å²) < 4.78 is 42.9. The molecule has 2 rings (SSSR count). The summed E-state index contributed by atoms with van der Waals surface area (Å²) in [5.74, 6) is 0.472. The van der Waals surface area contributed by atoms with Crippen molar-refractivity contribution >= 4 is 6.03 Å². The van der Waals surface area contributed by atoms with Gasteiger partial charge in [0.1, 0.15) is 0 Å². The van der Waals surface area contributed by atoms with E-state index < -0.39 is 11.7 Å². The van der Waals surface area contributed by atoms with Crippen molar-refractivity contribution in [2.24, 2.45) is 0 Å². The van der Waals surface area contributed by atoms with Crippen molar-refractivity contribution in [1.82, 2.24) is 15.6 Å². The second-order valence-electron chi connectivity index (χ2n) is 5.45. The Morgan fingerprint density at radius 3 is 2.54 bits per heavy atom. The highest BCUT2D eigenvalue weighted by Gasteiger charge is 2.29. The molecule has 140 valence electrons. The van der Waals surface area contributed by atoms with Crippen molar-refractivity contribution in [3.8, 4) is 5.88 Å². The van der Waals surface area contributed by atoms with Crippen LogP contribution in [-0.4, -0.2) is 24.2 Å². The van der Waals surface area contributed by atoms with E-state index in [0.29, 0.717) is 31.0 Å². The lowest BCUT2D eigenvalue weighted by Gasteiger charge is -2.11. The summed E-state index contributed by atoms with van der Waals surface area (Å²) in [6.45, 7) is 2.89. The predicted molar refractivity (Wildman–Crippen MR) is 90.8 cm³/mol. The quantitative estimate of drug-likeness (QED) is 0.787. The van der Waals surface area contributed by atoms with Crippen molar-refractivity contribution < 1.29 is 22.7 Å². The van der Waals surface area contributed by atoms with E-state index in [-0.39, 0.29) is 12.6 Å². The molecule has 0 bridgehead atoms. The molecule has 8 heteroatoms. The first kappa shape index (κ1) is 19.6. The molecule has 1 heterocycles. The number of ether oxygens (including phenoxy) is 1. The number of benzene rings is 1. The first-order chi connectivity index (χ1) is 12.4. The summed E-state index contributed by atoms with van der Waals surface area (Å²) in [7, 11) is 0. The number of amides is 2. The Hall–Kier alpha value is -2.77. The van der Waals surface area contributed by atoms with Gasteiger partial charge in [0, 0.05) is 24.8 Å². The number of pyridine rings is 1. The van der Waals surface area contributed by atoms with Gasteiger partial charge in [0.05, 0.1) is 12.2 Å². The van der Waals surface area contributed by atoms with Gasteiger partial charge in [0.15, 0.2) is 0 Å². The number of nitrogens with one attached hydrogen (secondary N) is 2. The number of carbonyl (C=O) groups excluding carboxylic acids is 1. The zero-order valence-corrected chi connectivity index (χ0v) is 14.3. The van der Waals surface area contributed by atoms with Crippen LogP contribution in [0, 0.1) is 0 Å². The molecule has 0 fully saturated rings. The summed E-state index contributed by atoms with van der Waals surface area (Å²) in [6, 6.07) is 8.07. The molecule has 0 atom stereocenters. The van der Waals surface area contributed by atoms with Crippen LogP contribution in [0.4, 0.5) is 18.0 Å². The molecule has 0 saturated heterocycles. The van der Waals surface area contributed by atoms with Crippen LogP contribution in [-0.2, 0) is 19.1 Å². The number of rotatable bonds is 7. The van der Waals surface area contributed by atoms with Crippen molar-refractivity contribution in [2.45, 2.75) is 26.1 Å². The van der Waals surface area contributed by atoms with Gasteiger partial charge in [-0.1, -0.05) is 18.2 Å². The fraction of sp³-hybridized carbons (Fsp3) is 0.333. The summed E-state index contributed by atoms with van der Waals surface area (Å²) in [5.41, 5.74) is 0.782. The van der Waals surface area contributed by atoms with Crippen LogP contribution in [0.1, 0.15) is 23.6 Å². The van der Waals surface area contributed by atoms with Gasteiger partial charge in [-0.15, -0.1) is 0 Å². The standard InChI is InChI=1S/C18H20F3N3O2/c1-2-26-16-14(4-3-10-22-16)12-24-17(25)23-11-9-13-5-7-15(8-6-13)18(19,20)21/h3-8,10H,2,9,11-12H2,1H3,(H2,23,24,25). The third-order valence-corrected chi connectivity index (χ3v) is 3.55. The Balaban J connectivity index is 1.76. The zero-order chi connectivity index (χ0) is 19.0. The highest BCUT2D eigenvalue weighted by atomic mass is 19.4. The molecule has 1 aromatic heterocycles. The third-order valence-electron chi connectivity index (χ3n) is 3.55. The highest BCUT2D eigenvalue weighted by molar-refractivity contribution is 5.73. The molecule has 1 aromatic carbocycles. The number of urea groups is 1. The number of halogens is 3. The van der Waals surface area contributed by atoms with Gasteiger partial charge in [0.25, 0.3) is 0 Å². The van der Waals surface area contributed by atoms with Gasteiger partial charge in [0.2, 0.25) is 5.88 Å². The average molecular weight is 367 g/mol. The number of hydrogen-bond donors (Lipinski definition) is 2. The second kappa shape index (κ2) is 9.07. The van der Waals surface area contributed by atoms with Gasteiger partial charge in [-0.2, -0.15) is 13.2 Å². The normalized spacial score (nSPS) is 11.1. The second-order valence-corrected chi connectivity index (χ2v) is 5.45. The largest absolute Gasteiger partial charge is 0.478 e. The van der Waals surface area contributed by atoms with E-state index in [9.17, 15) is 18.0 Å². The van der Waals surface area contributed by atoms with Gasteiger partial charge in [-0.3, -0.25) is 0 Å². The summed E-state index contributed by atoms with van der Waals surface area (Å²) >= 11 is 0. The Labute approximate surface area is 149 Å². The lowest BCUT2D eigenvalue weighted by Crippen LogP contribution is -2.36. The first-order valence-corrected chi connectivity index (χ1v) is 8.14. The molecule has 0 saturated carbocycles. The maximum absolute atomic E-state index is 12.5. The molecule has 0 spiro atoms. The number of aromatic nitrogens is 1. The average Bonchev–Trinajstić information content (AvgIpc) is 2.61. The molecule has 2 aromatic rings. The Morgan fingerprint density at radius 2 is 1.88 bits per heavy atom. The summed E-state index contributed by atoms with van der Waals surface area (Å²) in [6.07, 6.45) is -2.30. The molecule has 0 unspecified atom stereocenters. The van der Waals surface area contributed by atoms with E-state index in [2.05, 4.69) is 15.6 Å². The van der Waals surface area contributed by atoms with Crippen LogP contribution < -0.4 is 15.4 Å². The molecular formula is C18H20F3N3O2.